The lowest BCUT2D eigenvalue weighted by Crippen LogP contribution is -2.44. The summed E-state index contributed by atoms with van der Waals surface area (Å²) in [5.41, 5.74) is 0.508. The molecule has 6 nitrogen and oxygen atoms in total. The predicted octanol–water partition coefficient (Wildman–Crippen LogP) is 2.33. The quantitative estimate of drug-likeness (QED) is 0.857. The van der Waals surface area contributed by atoms with E-state index in [1.165, 1.54) is 7.11 Å². The largest absolute Gasteiger partial charge is 0.493 e. The molecule has 0 aromatic heterocycles. The SMILES string of the molecule is COc1cccc(C(=O)N2CCC[C@H](CNC(=O)C(C)C)C2)c1OC. The van der Waals surface area contributed by atoms with Crippen molar-refractivity contribution >= 4 is 11.8 Å². The van der Waals surface area contributed by atoms with E-state index >= 15 is 0 Å². The molecule has 2 amide bonds. The number of hydrogen-bond acceptors (Lipinski definition) is 4. The first-order valence-corrected chi connectivity index (χ1v) is 8.75. The van der Waals surface area contributed by atoms with Crippen LogP contribution in [0.5, 0.6) is 11.5 Å². The first kappa shape index (κ1) is 19.1. The summed E-state index contributed by atoms with van der Waals surface area (Å²) in [5.74, 6) is 1.25. The van der Waals surface area contributed by atoms with E-state index in [0.29, 0.717) is 36.7 Å². The molecule has 0 saturated carbocycles. The van der Waals surface area contributed by atoms with Gasteiger partial charge in [-0.1, -0.05) is 19.9 Å². The average molecular weight is 348 g/mol. The molecule has 1 aromatic carbocycles. The lowest BCUT2D eigenvalue weighted by atomic mass is 9.97. The molecule has 6 heteroatoms. The number of para-hydroxylation sites is 1. The summed E-state index contributed by atoms with van der Waals surface area (Å²) in [5, 5.41) is 2.97. The maximum absolute atomic E-state index is 12.9. The fourth-order valence-corrected chi connectivity index (χ4v) is 3.09. The number of benzene rings is 1. The van der Waals surface area contributed by atoms with Gasteiger partial charge >= 0.3 is 0 Å². The highest BCUT2D eigenvalue weighted by molar-refractivity contribution is 5.97. The zero-order valence-electron chi connectivity index (χ0n) is 15.5. The third kappa shape index (κ3) is 4.65. The number of nitrogens with zero attached hydrogens (tertiary/aromatic N) is 1. The maximum Gasteiger partial charge on any atom is 0.257 e. The highest BCUT2D eigenvalue weighted by Gasteiger charge is 2.27. The van der Waals surface area contributed by atoms with Crippen molar-refractivity contribution in [1.29, 1.82) is 0 Å². The summed E-state index contributed by atoms with van der Waals surface area (Å²) in [6.45, 7) is 5.71. The molecule has 1 aliphatic heterocycles. The molecule has 138 valence electrons. The Morgan fingerprint density at radius 2 is 2.04 bits per heavy atom. The second-order valence-electron chi connectivity index (χ2n) is 6.70. The molecule has 25 heavy (non-hydrogen) atoms. The van der Waals surface area contributed by atoms with Crippen LogP contribution in [0.15, 0.2) is 18.2 Å². The molecule has 1 saturated heterocycles. The first-order chi connectivity index (χ1) is 12.0. The van der Waals surface area contributed by atoms with Gasteiger partial charge in [0, 0.05) is 25.6 Å². The Kier molecular flexibility index (Phi) is 6.67. The van der Waals surface area contributed by atoms with Crippen molar-refractivity contribution in [3.8, 4) is 11.5 Å². The number of methoxy groups -OCH3 is 2. The number of carbonyl (C=O) groups excluding carboxylic acids is 2. The van der Waals surface area contributed by atoms with E-state index in [-0.39, 0.29) is 23.7 Å². The van der Waals surface area contributed by atoms with Crippen LogP contribution in [0.4, 0.5) is 0 Å². The molecule has 0 unspecified atom stereocenters. The molecule has 1 aromatic rings. The van der Waals surface area contributed by atoms with Gasteiger partial charge in [0.1, 0.15) is 0 Å². The number of rotatable bonds is 6. The zero-order valence-corrected chi connectivity index (χ0v) is 15.5. The normalized spacial score (nSPS) is 17.3. The lowest BCUT2D eigenvalue weighted by molar-refractivity contribution is -0.124. The number of ether oxygens (including phenoxy) is 2. The second kappa shape index (κ2) is 8.74. The third-order valence-corrected chi connectivity index (χ3v) is 4.53. The number of nitrogens with one attached hydrogen (secondary N) is 1. The number of amides is 2. The Balaban J connectivity index is 2.06. The molecular weight excluding hydrogens is 320 g/mol. The summed E-state index contributed by atoms with van der Waals surface area (Å²) in [6, 6.07) is 5.32. The molecule has 0 radical (unpaired) electrons. The molecule has 2 rings (SSSR count). The summed E-state index contributed by atoms with van der Waals surface area (Å²) in [6.07, 6.45) is 1.94. The van der Waals surface area contributed by atoms with Gasteiger partial charge < -0.3 is 19.7 Å². The van der Waals surface area contributed by atoms with Gasteiger partial charge in [0.05, 0.1) is 19.8 Å². The van der Waals surface area contributed by atoms with Crippen LogP contribution in [0.3, 0.4) is 0 Å². The summed E-state index contributed by atoms with van der Waals surface area (Å²) < 4.78 is 10.7. The Morgan fingerprint density at radius 1 is 1.28 bits per heavy atom. The highest BCUT2D eigenvalue weighted by Crippen LogP contribution is 2.32. The average Bonchev–Trinajstić information content (AvgIpc) is 2.64. The number of piperidine rings is 1. The van der Waals surface area contributed by atoms with Crippen molar-refractivity contribution in [3.63, 3.8) is 0 Å². The molecule has 0 bridgehead atoms. The fraction of sp³-hybridized carbons (Fsp3) is 0.579. The van der Waals surface area contributed by atoms with E-state index in [9.17, 15) is 9.59 Å². The Labute approximate surface area is 149 Å². The monoisotopic (exact) mass is 348 g/mol. The smallest absolute Gasteiger partial charge is 0.257 e. The van der Waals surface area contributed by atoms with Crippen molar-refractivity contribution in [3.05, 3.63) is 23.8 Å². The Bertz CT molecular complexity index is 615. The van der Waals surface area contributed by atoms with Gasteiger partial charge in [-0.3, -0.25) is 9.59 Å². The van der Waals surface area contributed by atoms with Gasteiger partial charge in [-0.25, -0.2) is 0 Å². The molecule has 1 N–H and O–H groups in total. The van der Waals surface area contributed by atoms with Crippen LogP contribution in [0.2, 0.25) is 0 Å². The minimum atomic E-state index is -0.0596. The summed E-state index contributed by atoms with van der Waals surface area (Å²) in [4.78, 5) is 26.5. The van der Waals surface area contributed by atoms with Crippen LogP contribution in [0.25, 0.3) is 0 Å². The fourth-order valence-electron chi connectivity index (χ4n) is 3.09. The summed E-state index contributed by atoms with van der Waals surface area (Å²) in [7, 11) is 3.09. The highest BCUT2D eigenvalue weighted by atomic mass is 16.5. The molecule has 1 fully saturated rings. The first-order valence-electron chi connectivity index (χ1n) is 8.75. The minimum Gasteiger partial charge on any atom is -0.493 e. The van der Waals surface area contributed by atoms with E-state index in [1.807, 2.05) is 18.7 Å². The van der Waals surface area contributed by atoms with Crippen LogP contribution in [0.1, 0.15) is 37.0 Å². The van der Waals surface area contributed by atoms with Gasteiger partial charge in [0.15, 0.2) is 11.5 Å². The van der Waals surface area contributed by atoms with Crippen LogP contribution in [-0.4, -0.2) is 50.6 Å². The van der Waals surface area contributed by atoms with Gasteiger partial charge in [-0.15, -0.1) is 0 Å². The number of likely N-dealkylation sites (tertiary alicyclic amines) is 1. The van der Waals surface area contributed by atoms with Crippen molar-refractivity contribution in [1.82, 2.24) is 10.2 Å². The molecule has 1 aliphatic rings. The van der Waals surface area contributed by atoms with E-state index < -0.39 is 0 Å². The molecule has 1 heterocycles. The zero-order chi connectivity index (χ0) is 18.4. The van der Waals surface area contributed by atoms with Crippen LogP contribution < -0.4 is 14.8 Å². The predicted molar refractivity (Wildman–Crippen MR) is 96.0 cm³/mol. The van der Waals surface area contributed by atoms with Crippen LogP contribution >= 0.6 is 0 Å². The van der Waals surface area contributed by atoms with E-state index in [1.54, 1.807) is 25.3 Å². The van der Waals surface area contributed by atoms with Crippen molar-refractivity contribution < 1.29 is 19.1 Å². The van der Waals surface area contributed by atoms with Gasteiger partial charge in [-0.05, 0) is 30.9 Å². The topological polar surface area (TPSA) is 67.9 Å². The van der Waals surface area contributed by atoms with Crippen molar-refractivity contribution in [2.75, 3.05) is 33.9 Å². The standard InChI is InChI=1S/C19H28N2O4/c1-13(2)18(22)20-11-14-7-6-10-21(12-14)19(23)15-8-5-9-16(24-3)17(15)25-4/h5,8-9,13-14H,6-7,10-12H2,1-4H3,(H,20,22)/t14-/m1/s1. The third-order valence-electron chi connectivity index (χ3n) is 4.53. The van der Waals surface area contributed by atoms with Gasteiger partial charge in [0.2, 0.25) is 5.91 Å². The maximum atomic E-state index is 12.9. The summed E-state index contributed by atoms with van der Waals surface area (Å²) >= 11 is 0. The van der Waals surface area contributed by atoms with Gasteiger partial charge in [0.25, 0.3) is 5.91 Å². The van der Waals surface area contributed by atoms with Crippen molar-refractivity contribution in [2.45, 2.75) is 26.7 Å². The van der Waals surface area contributed by atoms with Gasteiger partial charge in [-0.2, -0.15) is 0 Å². The lowest BCUT2D eigenvalue weighted by Gasteiger charge is -2.33. The molecule has 0 aliphatic carbocycles. The Hall–Kier alpha value is -2.24. The van der Waals surface area contributed by atoms with Crippen LogP contribution in [-0.2, 0) is 4.79 Å². The Morgan fingerprint density at radius 3 is 2.68 bits per heavy atom. The van der Waals surface area contributed by atoms with E-state index in [0.717, 1.165) is 12.8 Å². The van der Waals surface area contributed by atoms with Crippen molar-refractivity contribution in [2.24, 2.45) is 11.8 Å². The molecular formula is C19H28N2O4. The number of hydrogen-bond donors (Lipinski definition) is 1. The number of carbonyl (C=O) groups is 2. The second-order valence-corrected chi connectivity index (χ2v) is 6.70. The van der Waals surface area contributed by atoms with E-state index in [4.69, 9.17) is 9.47 Å². The molecule has 0 spiro atoms. The minimum absolute atomic E-state index is 0.0256. The van der Waals surface area contributed by atoms with Crippen LogP contribution in [0, 0.1) is 11.8 Å². The van der Waals surface area contributed by atoms with E-state index in [2.05, 4.69) is 5.32 Å². The molecule has 1 atom stereocenters.